The lowest BCUT2D eigenvalue weighted by atomic mass is 9.84. The van der Waals surface area contributed by atoms with Crippen molar-refractivity contribution in [2.75, 3.05) is 18.5 Å². The molecule has 3 rings (SSSR count). The minimum atomic E-state index is -0.246. The van der Waals surface area contributed by atoms with E-state index in [0.717, 1.165) is 38.0 Å². The van der Waals surface area contributed by atoms with E-state index in [4.69, 9.17) is 10.00 Å². The predicted molar refractivity (Wildman–Crippen MR) is 92.8 cm³/mol. The van der Waals surface area contributed by atoms with Gasteiger partial charge in [-0.15, -0.1) is 11.3 Å². The molecule has 1 aromatic heterocycles. The van der Waals surface area contributed by atoms with Crippen molar-refractivity contribution in [2.45, 2.75) is 25.2 Å². The van der Waals surface area contributed by atoms with Gasteiger partial charge in [0.1, 0.15) is 0 Å². The molecule has 1 N–H and O–H groups in total. The Morgan fingerprint density at radius 1 is 1.38 bits per heavy atom. The third-order valence-electron chi connectivity index (χ3n) is 4.33. The molecule has 124 valence electrons. The smallest absolute Gasteiger partial charge is 0.233 e. The van der Waals surface area contributed by atoms with Gasteiger partial charge < -0.3 is 10.1 Å². The van der Waals surface area contributed by atoms with Crippen molar-refractivity contribution in [3.63, 3.8) is 0 Å². The van der Waals surface area contributed by atoms with Crippen molar-refractivity contribution in [1.82, 2.24) is 4.98 Å². The molecule has 5 nitrogen and oxygen atoms in total. The number of hydrogen-bond donors (Lipinski definition) is 1. The van der Waals surface area contributed by atoms with Gasteiger partial charge in [0.15, 0.2) is 5.13 Å². The highest BCUT2D eigenvalue weighted by Gasteiger charge is 2.26. The van der Waals surface area contributed by atoms with Crippen LogP contribution < -0.4 is 5.32 Å². The van der Waals surface area contributed by atoms with E-state index in [-0.39, 0.29) is 11.8 Å². The summed E-state index contributed by atoms with van der Waals surface area (Å²) >= 11 is 1.41. The average molecular weight is 341 g/mol. The molecule has 1 unspecified atom stereocenters. The molecule has 0 bridgehead atoms. The number of amides is 1. The van der Waals surface area contributed by atoms with Crippen LogP contribution >= 0.6 is 11.3 Å². The molecule has 1 amide bonds. The Kier molecular flexibility index (Phi) is 5.57. The standard InChI is InChI=1S/C18H19N3O2S/c19-12-14-1-3-15(4-2-14)16(11-13-5-8-23-9-6-13)17(22)21-18-20-7-10-24-18/h1-4,7,10,13,16H,5-6,8-9,11H2,(H,20,21,22). The van der Waals surface area contributed by atoms with Gasteiger partial charge in [-0.1, -0.05) is 12.1 Å². The molecular weight excluding hydrogens is 322 g/mol. The van der Waals surface area contributed by atoms with Gasteiger partial charge in [0.2, 0.25) is 5.91 Å². The summed E-state index contributed by atoms with van der Waals surface area (Å²) in [4.78, 5) is 16.9. The quantitative estimate of drug-likeness (QED) is 0.902. The van der Waals surface area contributed by atoms with Crippen LogP contribution in [0.1, 0.15) is 36.3 Å². The molecular formula is C18H19N3O2S. The van der Waals surface area contributed by atoms with Crippen LogP contribution in [0, 0.1) is 17.2 Å². The number of benzene rings is 1. The van der Waals surface area contributed by atoms with Gasteiger partial charge in [-0.25, -0.2) is 4.98 Å². The summed E-state index contributed by atoms with van der Waals surface area (Å²) in [7, 11) is 0. The Labute approximate surface area is 145 Å². The van der Waals surface area contributed by atoms with Crippen molar-refractivity contribution < 1.29 is 9.53 Å². The Morgan fingerprint density at radius 3 is 2.75 bits per heavy atom. The van der Waals surface area contributed by atoms with Gasteiger partial charge in [0, 0.05) is 24.8 Å². The third kappa shape index (κ3) is 4.19. The van der Waals surface area contributed by atoms with E-state index in [2.05, 4.69) is 16.4 Å². The van der Waals surface area contributed by atoms with E-state index >= 15 is 0 Å². The number of nitrogens with one attached hydrogen (secondary N) is 1. The molecule has 0 saturated carbocycles. The van der Waals surface area contributed by atoms with Crippen molar-refractivity contribution in [3.8, 4) is 6.07 Å². The Bertz CT molecular complexity index is 701. The maximum Gasteiger partial charge on any atom is 0.233 e. The number of carbonyl (C=O) groups excluding carboxylic acids is 1. The second-order valence-corrected chi connectivity index (χ2v) is 6.80. The largest absolute Gasteiger partial charge is 0.381 e. The highest BCUT2D eigenvalue weighted by Crippen LogP contribution is 2.31. The van der Waals surface area contributed by atoms with Crippen LogP contribution in [0.4, 0.5) is 5.13 Å². The maximum atomic E-state index is 12.8. The van der Waals surface area contributed by atoms with Crippen LogP contribution in [0.25, 0.3) is 0 Å². The van der Waals surface area contributed by atoms with Gasteiger partial charge in [0.05, 0.1) is 17.6 Å². The third-order valence-corrected chi connectivity index (χ3v) is 5.02. The Hall–Kier alpha value is -2.23. The molecule has 1 aliphatic heterocycles. The number of nitriles is 1. The molecule has 1 atom stereocenters. The topological polar surface area (TPSA) is 75.0 Å². The summed E-state index contributed by atoms with van der Waals surface area (Å²) in [5, 5.41) is 14.3. The Morgan fingerprint density at radius 2 is 2.12 bits per heavy atom. The first-order valence-electron chi connectivity index (χ1n) is 8.04. The number of carbonyl (C=O) groups is 1. The first-order chi connectivity index (χ1) is 11.8. The lowest BCUT2D eigenvalue weighted by Gasteiger charge is -2.26. The minimum Gasteiger partial charge on any atom is -0.381 e. The molecule has 0 radical (unpaired) electrons. The van der Waals surface area contributed by atoms with Crippen molar-refractivity contribution in [1.29, 1.82) is 5.26 Å². The van der Waals surface area contributed by atoms with Crippen LogP contribution in [-0.2, 0) is 9.53 Å². The van der Waals surface area contributed by atoms with Crippen LogP contribution in [0.3, 0.4) is 0 Å². The zero-order chi connectivity index (χ0) is 16.8. The van der Waals surface area contributed by atoms with Gasteiger partial charge >= 0.3 is 0 Å². The molecule has 2 heterocycles. The van der Waals surface area contributed by atoms with E-state index in [1.165, 1.54) is 11.3 Å². The monoisotopic (exact) mass is 341 g/mol. The van der Waals surface area contributed by atoms with Crippen molar-refractivity contribution in [3.05, 3.63) is 47.0 Å². The summed E-state index contributed by atoms with van der Waals surface area (Å²) in [5.41, 5.74) is 1.54. The SMILES string of the molecule is N#Cc1ccc(C(CC2CCOCC2)C(=O)Nc2nccs2)cc1. The first kappa shape index (κ1) is 16.6. The molecule has 1 aromatic carbocycles. The molecule has 0 spiro atoms. The average Bonchev–Trinajstić information content (AvgIpc) is 3.13. The summed E-state index contributed by atoms with van der Waals surface area (Å²) in [6.07, 6.45) is 4.43. The lowest BCUT2D eigenvalue weighted by molar-refractivity contribution is -0.118. The van der Waals surface area contributed by atoms with E-state index in [1.54, 1.807) is 18.3 Å². The van der Waals surface area contributed by atoms with Crippen LogP contribution in [0.2, 0.25) is 0 Å². The first-order valence-corrected chi connectivity index (χ1v) is 8.92. The van der Waals surface area contributed by atoms with Crippen LogP contribution in [-0.4, -0.2) is 24.1 Å². The molecule has 24 heavy (non-hydrogen) atoms. The Balaban J connectivity index is 1.78. The van der Waals surface area contributed by atoms with Crippen LogP contribution in [0.15, 0.2) is 35.8 Å². The fourth-order valence-electron chi connectivity index (χ4n) is 2.98. The minimum absolute atomic E-state index is 0.0406. The fraction of sp³-hybridized carbons (Fsp3) is 0.389. The highest BCUT2D eigenvalue weighted by molar-refractivity contribution is 7.13. The van der Waals surface area contributed by atoms with Gasteiger partial charge in [0.25, 0.3) is 0 Å². The van der Waals surface area contributed by atoms with Gasteiger partial charge in [-0.3, -0.25) is 4.79 Å². The number of aromatic nitrogens is 1. The second kappa shape index (κ2) is 8.04. The van der Waals surface area contributed by atoms with E-state index < -0.39 is 0 Å². The molecule has 1 saturated heterocycles. The maximum absolute atomic E-state index is 12.8. The van der Waals surface area contributed by atoms with Crippen molar-refractivity contribution in [2.24, 2.45) is 5.92 Å². The summed E-state index contributed by atoms with van der Waals surface area (Å²) in [5.74, 6) is 0.187. The summed E-state index contributed by atoms with van der Waals surface area (Å²) < 4.78 is 5.42. The molecule has 1 fully saturated rings. The molecule has 2 aromatic rings. The summed E-state index contributed by atoms with van der Waals surface area (Å²) in [6.45, 7) is 1.53. The van der Waals surface area contributed by atoms with E-state index in [0.29, 0.717) is 16.6 Å². The van der Waals surface area contributed by atoms with E-state index in [1.807, 2.05) is 17.5 Å². The zero-order valence-corrected chi connectivity index (χ0v) is 14.1. The zero-order valence-electron chi connectivity index (χ0n) is 13.3. The fourth-order valence-corrected chi connectivity index (χ4v) is 3.51. The number of anilines is 1. The highest BCUT2D eigenvalue weighted by atomic mass is 32.1. The van der Waals surface area contributed by atoms with E-state index in [9.17, 15) is 4.79 Å². The summed E-state index contributed by atoms with van der Waals surface area (Å²) in [6, 6.07) is 9.41. The predicted octanol–water partition coefficient (Wildman–Crippen LogP) is 3.55. The number of thiazole rings is 1. The number of rotatable bonds is 5. The van der Waals surface area contributed by atoms with Gasteiger partial charge in [-0.05, 0) is 42.9 Å². The molecule has 0 aliphatic carbocycles. The van der Waals surface area contributed by atoms with Crippen LogP contribution in [0.5, 0.6) is 0 Å². The van der Waals surface area contributed by atoms with Gasteiger partial charge in [-0.2, -0.15) is 5.26 Å². The molecule has 6 heteroatoms. The number of ether oxygens (including phenoxy) is 1. The number of nitrogens with zero attached hydrogens (tertiary/aromatic N) is 2. The normalized spacial score (nSPS) is 16.3. The lowest BCUT2D eigenvalue weighted by Crippen LogP contribution is -2.26. The second-order valence-electron chi connectivity index (χ2n) is 5.90. The van der Waals surface area contributed by atoms with Crippen molar-refractivity contribution >= 4 is 22.4 Å². The number of hydrogen-bond acceptors (Lipinski definition) is 5. The molecule has 1 aliphatic rings.